The zero-order valence-corrected chi connectivity index (χ0v) is 6.93. The first-order valence-corrected chi connectivity index (χ1v) is 3.11. The molecule has 0 aliphatic rings. The van der Waals surface area contributed by atoms with E-state index < -0.39 is 5.41 Å². The van der Waals surface area contributed by atoms with Gasteiger partial charge in [-0.25, -0.2) is 0 Å². The van der Waals surface area contributed by atoms with E-state index in [9.17, 15) is 4.79 Å². The molecule has 0 aliphatic carbocycles. The van der Waals surface area contributed by atoms with Crippen LogP contribution in [0.3, 0.4) is 0 Å². The highest BCUT2D eigenvalue weighted by molar-refractivity contribution is 5.84. The fourth-order valence-corrected chi connectivity index (χ4v) is 0.621. The zero-order valence-electron chi connectivity index (χ0n) is 6.93. The van der Waals surface area contributed by atoms with Crippen molar-refractivity contribution in [1.29, 1.82) is 0 Å². The maximum absolute atomic E-state index is 11.2. The molecule has 0 bridgehead atoms. The van der Waals surface area contributed by atoms with Gasteiger partial charge in [0.25, 0.3) is 0 Å². The molecule has 0 unspecified atom stereocenters. The van der Waals surface area contributed by atoms with Gasteiger partial charge >= 0.3 is 0 Å². The van der Waals surface area contributed by atoms with Gasteiger partial charge in [0.15, 0.2) is 0 Å². The number of carbonyl (C=O) groups excluding carboxylic acids is 1. The van der Waals surface area contributed by atoms with E-state index >= 15 is 0 Å². The number of hydrogen-bond donors (Lipinski definition) is 0. The van der Waals surface area contributed by atoms with Crippen molar-refractivity contribution < 1.29 is 4.79 Å². The molecule has 0 aliphatic heterocycles. The van der Waals surface area contributed by atoms with Gasteiger partial charge in [-0.15, -0.1) is 6.42 Å². The van der Waals surface area contributed by atoms with E-state index in [1.165, 1.54) is 4.90 Å². The van der Waals surface area contributed by atoms with Crippen LogP contribution >= 0.6 is 0 Å². The van der Waals surface area contributed by atoms with Crippen molar-refractivity contribution in [1.82, 2.24) is 4.90 Å². The van der Waals surface area contributed by atoms with Gasteiger partial charge in [0, 0.05) is 14.1 Å². The third-order valence-electron chi connectivity index (χ3n) is 1.30. The molecular weight excluding hydrogens is 126 g/mol. The number of rotatable bonds is 1. The largest absolute Gasteiger partial charge is 0.348 e. The van der Waals surface area contributed by atoms with Gasteiger partial charge in [-0.05, 0) is 13.8 Å². The van der Waals surface area contributed by atoms with Gasteiger partial charge in [0.05, 0.1) is 0 Å². The lowest BCUT2D eigenvalue weighted by molar-refractivity contribution is -0.134. The molecule has 0 atom stereocenters. The predicted octanol–water partition coefficient (Wildman–Crippen LogP) is 0.734. The summed E-state index contributed by atoms with van der Waals surface area (Å²) < 4.78 is 0. The van der Waals surface area contributed by atoms with Crippen molar-refractivity contribution in [2.24, 2.45) is 5.41 Å². The smallest absolute Gasteiger partial charge is 0.239 e. The summed E-state index contributed by atoms with van der Waals surface area (Å²) in [6.45, 7) is 3.46. The maximum atomic E-state index is 11.2. The lowest BCUT2D eigenvalue weighted by atomic mass is 9.93. The molecule has 0 radical (unpaired) electrons. The van der Waals surface area contributed by atoms with Gasteiger partial charge < -0.3 is 4.90 Å². The van der Waals surface area contributed by atoms with E-state index in [2.05, 4.69) is 5.92 Å². The third kappa shape index (κ3) is 1.77. The molecule has 56 valence electrons. The normalized spacial score (nSPS) is 10.3. The molecule has 0 fully saturated rings. The average molecular weight is 139 g/mol. The molecule has 0 saturated heterocycles. The second-order valence-electron chi connectivity index (χ2n) is 2.97. The summed E-state index contributed by atoms with van der Waals surface area (Å²) in [6, 6.07) is 0. The summed E-state index contributed by atoms with van der Waals surface area (Å²) in [5.74, 6) is 2.40. The van der Waals surface area contributed by atoms with Gasteiger partial charge in [-0.2, -0.15) is 0 Å². The van der Waals surface area contributed by atoms with Crippen LogP contribution in [0, 0.1) is 17.8 Å². The second-order valence-corrected chi connectivity index (χ2v) is 2.97. The Balaban J connectivity index is 4.38. The van der Waals surface area contributed by atoms with Crippen molar-refractivity contribution in [3.8, 4) is 12.3 Å². The van der Waals surface area contributed by atoms with E-state index in [-0.39, 0.29) is 5.91 Å². The van der Waals surface area contributed by atoms with Crippen molar-refractivity contribution in [3.05, 3.63) is 0 Å². The number of hydrogen-bond acceptors (Lipinski definition) is 1. The first-order valence-electron chi connectivity index (χ1n) is 3.11. The summed E-state index contributed by atoms with van der Waals surface area (Å²) in [6.07, 6.45) is 5.15. The maximum Gasteiger partial charge on any atom is 0.239 e. The summed E-state index contributed by atoms with van der Waals surface area (Å²) in [4.78, 5) is 12.7. The molecule has 0 aromatic heterocycles. The van der Waals surface area contributed by atoms with E-state index in [1.807, 2.05) is 0 Å². The van der Waals surface area contributed by atoms with E-state index in [0.717, 1.165) is 0 Å². The van der Waals surface area contributed by atoms with Crippen LogP contribution in [0.1, 0.15) is 13.8 Å². The zero-order chi connectivity index (χ0) is 8.36. The predicted molar refractivity (Wildman–Crippen MR) is 41.3 cm³/mol. The minimum Gasteiger partial charge on any atom is -0.348 e. The summed E-state index contributed by atoms with van der Waals surface area (Å²) in [5.41, 5.74) is -0.663. The van der Waals surface area contributed by atoms with Crippen LogP contribution in [0.15, 0.2) is 0 Å². The Labute approximate surface area is 62.2 Å². The van der Waals surface area contributed by atoms with Crippen molar-refractivity contribution in [3.63, 3.8) is 0 Å². The number of carbonyl (C=O) groups is 1. The minimum atomic E-state index is -0.663. The first kappa shape index (κ1) is 9.03. The summed E-state index contributed by atoms with van der Waals surface area (Å²) in [5, 5.41) is 0. The number of terminal acetylenes is 1. The fourth-order valence-electron chi connectivity index (χ4n) is 0.621. The van der Waals surface area contributed by atoms with Crippen molar-refractivity contribution >= 4 is 5.91 Å². The Hall–Kier alpha value is -0.970. The second kappa shape index (κ2) is 2.74. The van der Waals surface area contributed by atoms with Crippen LogP contribution in [0.5, 0.6) is 0 Å². The topological polar surface area (TPSA) is 20.3 Å². The Bertz CT molecular complexity index is 174. The third-order valence-corrected chi connectivity index (χ3v) is 1.30. The highest BCUT2D eigenvalue weighted by Crippen LogP contribution is 2.14. The Kier molecular flexibility index (Phi) is 2.48. The van der Waals surface area contributed by atoms with Crippen LogP contribution in [-0.2, 0) is 4.79 Å². The van der Waals surface area contributed by atoms with Gasteiger partial charge in [0.2, 0.25) is 5.91 Å². The first-order chi connectivity index (χ1) is 4.41. The molecular formula is C8H13NO. The summed E-state index contributed by atoms with van der Waals surface area (Å²) in [7, 11) is 3.39. The van der Waals surface area contributed by atoms with Gasteiger partial charge in [0.1, 0.15) is 5.41 Å². The SMILES string of the molecule is C#CC(C)(C)C(=O)N(C)C. The van der Waals surface area contributed by atoms with Gasteiger partial charge in [-0.3, -0.25) is 4.79 Å². The van der Waals surface area contributed by atoms with E-state index in [1.54, 1.807) is 27.9 Å². The number of amides is 1. The average Bonchev–Trinajstić information content (AvgIpc) is 1.86. The van der Waals surface area contributed by atoms with Crippen molar-refractivity contribution in [2.75, 3.05) is 14.1 Å². The molecule has 2 nitrogen and oxygen atoms in total. The highest BCUT2D eigenvalue weighted by atomic mass is 16.2. The summed E-state index contributed by atoms with van der Waals surface area (Å²) >= 11 is 0. The van der Waals surface area contributed by atoms with E-state index in [4.69, 9.17) is 6.42 Å². The van der Waals surface area contributed by atoms with Gasteiger partial charge in [-0.1, -0.05) is 5.92 Å². The molecule has 0 aromatic rings. The molecule has 0 aromatic carbocycles. The molecule has 2 heteroatoms. The fraction of sp³-hybridized carbons (Fsp3) is 0.625. The standard InChI is InChI=1S/C8H13NO/c1-6-8(2,3)7(10)9(4)5/h1H,2-5H3. The van der Waals surface area contributed by atoms with Crippen LogP contribution in [0.2, 0.25) is 0 Å². The van der Waals surface area contributed by atoms with Crippen LogP contribution in [0.4, 0.5) is 0 Å². The Morgan fingerprint density at radius 1 is 1.50 bits per heavy atom. The van der Waals surface area contributed by atoms with E-state index in [0.29, 0.717) is 0 Å². The lowest BCUT2D eigenvalue weighted by Crippen LogP contribution is -2.34. The monoisotopic (exact) mass is 139 g/mol. The van der Waals surface area contributed by atoms with Crippen molar-refractivity contribution in [2.45, 2.75) is 13.8 Å². The highest BCUT2D eigenvalue weighted by Gasteiger charge is 2.25. The molecule has 10 heavy (non-hydrogen) atoms. The molecule has 0 rings (SSSR count). The Morgan fingerprint density at radius 3 is 2.00 bits per heavy atom. The Morgan fingerprint density at radius 2 is 1.90 bits per heavy atom. The molecule has 0 N–H and O–H groups in total. The van der Waals surface area contributed by atoms with Crippen LogP contribution in [-0.4, -0.2) is 24.9 Å². The molecule has 0 spiro atoms. The number of nitrogens with zero attached hydrogens (tertiary/aromatic N) is 1. The molecule has 0 heterocycles. The minimum absolute atomic E-state index is 0.0324. The molecule has 1 amide bonds. The lowest BCUT2D eigenvalue weighted by Gasteiger charge is -2.21. The molecule has 0 saturated carbocycles. The quantitative estimate of drug-likeness (QED) is 0.490. The van der Waals surface area contributed by atoms with Crippen LogP contribution in [0.25, 0.3) is 0 Å². The van der Waals surface area contributed by atoms with Crippen LogP contribution < -0.4 is 0 Å².